The Kier molecular flexibility index (Phi) is 5.74. The molecule has 1 saturated heterocycles. The number of fused-ring (bicyclic) bond motifs is 2. The molecule has 1 amide bonds. The number of carboxylic acids is 1. The number of nitrogens with one attached hydrogen (secondary N) is 2. The molecule has 32 heavy (non-hydrogen) atoms. The summed E-state index contributed by atoms with van der Waals surface area (Å²) in [6.07, 6.45) is 0.265. The molecule has 1 spiro atoms. The molecule has 0 aromatic heterocycles. The van der Waals surface area contributed by atoms with Gasteiger partial charge in [-0.15, -0.1) is 0 Å². The normalized spacial score (nSPS) is 26.9. The van der Waals surface area contributed by atoms with Crippen LogP contribution in [0.3, 0.4) is 0 Å². The van der Waals surface area contributed by atoms with E-state index in [1.165, 1.54) is 18.2 Å². The molecular formula is C23H23Cl2FN2O4. The van der Waals surface area contributed by atoms with Crippen LogP contribution in [0.2, 0.25) is 10.0 Å². The first kappa shape index (κ1) is 23.0. The molecule has 2 aromatic carbocycles. The van der Waals surface area contributed by atoms with Gasteiger partial charge in [0.25, 0.3) is 0 Å². The summed E-state index contributed by atoms with van der Waals surface area (Å²) in [4.78, 5) is 26.0. The van der Waals surface area contributed by atoms with Crippen molar-refractivity contribution in [3.8, 4) is 0 Å². The predicted molar refractivity (Wildman–Crippen MR) is 120 cm³/mol. The molecule has 0 bridgehead atoms. The Morgan fingerprint density at radius 3 is 2.62 bits per heavy atom. The summed E-state index contributed by atoms with van der Waals surface area (Å²) in [7, 11) is 0. The lowest BCUT2D eigenvalue weighted by molar-refractivity contribution is -0.139. The van der Waals surface area contributed by atoms with Gasteiger partial charge in [0.1, 0.15) is 17.3 Å². The van der Waals surface area contributed by atoms with Crippen LogP contribution in [0, 0.1) is 11.2 Å². The molecule has 4 unspecified atom stereocenters. The number of aliphatic hydroxyl groups is 1. The fourth-order valence-corrected chi connectivity index (χ4v) is 5.50. The molecule has 2 aliphatic heterocycles. The highest BCUT2D eigenvalue weighted by molar-refractivity contribution is 6.31. The predicted octanol–water partition coefficient (Wildman–Crippen LogP) is 3.94. The molecule has 1 fully saturated rings. The number of aliphatic carboxylic acids is 1. The van der Waals surface area contributed by atoms with Gasteiger partial charge in [0, 0.05) is 29.3 Å². The van der Waals surface area contributed by atoms with Crippen LogP contribution < -0.4 is 10.6 Å². The van der Waals surface area contributed by atoms with Gasteiger partial charge in [0.05, 0.1) is 5.02 Å². The van der Waals surface area contributed by atoms with Crippen LogP contribution in [0.15, 0.2) is 36.4 Å². The van der Waals surface area contributed by atoms with E-state index in [4.69, 9.17) is 23.2 Å². The van der Waals surface area contributed by atoms with Crippen LogP contribution in [0.4, 0.5) is 10.1 Å². The zero-order valence-electron chi connectivity index (χ0n) is 17.5. The average Bonchev–Trinajstić information content (AvgIpc) is 3.20. The number of aliphatic hydroxyl groups excluding tert-OH is 1. The zero-order valence-corrected chi connectivity index (χ0v) is 19.0. The van der Waals surface area contributed by atoms with Crippen molar-refractivity contribution in [2.45, 2.75) is 43.7 Å². The molecule has 0 radical (unpaired) electrons. The van der Waals surface area contributed by atoms with E-state index in [9.17, 15) is 19.8 Å². The first-order valence-corrected chi connectivity index (χ1v) is 10.9. The van der Waals surface area contributed by atoms with Crippen molar-refractivity contribution < 1.29 is 24.2 Å². The number of hydrogen-bond acceptors (Lipinski definition) is 4. The summed E-state index contributed by atoms with van der Waals surface area (Å²) >= 11 is 12.2. The Balaban J connectivity index is 2.03. The van der Waals surface area contributed by atoms with Crippen molar-refractivity contribution in [1.82, 2.24) is 5.32 Å². The van der Waals surface area contributed by atoms with Gasteiger partial charge in [-0.25, -0.2) is 4.39 Å². The minimum absolute atomic E-state index is 0.0413. The van der Waals surface area contributed by atoms with E-state index >= 15 is 4.39 Å². The third kappa shape index (κ3) is 3.39. The number of rotatable bonds is 5. The lowest BCUT2D eigenvalue weighted by atomic mass is 9.62. The Morgan fingerprint density at radius 1 is 1.25 bits per heavy atom. The Morgan fingerprint density at radius 2 is 1.97 bits per heavy atom. The summed E-state index contributed by atoms with van der Waals surface area (Å²) in [5.41, 5.74) is -1.06. The highest BCUT2D eigenvalue weighted by Gasteiger charge is 2.66. The molecule has 9 heteroatoms. The Bertz CT molecular complexity index is 1110. The molecule has 0 saturated carbocycles. The van der Waals surface area contributed by atoms with E-state index in [1.807, 2.05) is 13.8 Å². The summed E-state index contributed by atoms with van der Waals surface area (Å²) in [6, 6.07) is 7.29. The maximum absolute atomic E-state index is 15.3. The quantitative estimate of drug-likeness (QED) is 0.519. The second-order valence-corrected chi connectivity index (χ2v) is 10.0. The lowest BCUT2D eigenvalue weighted by Gasteiger charge is -2.38. The summed E-state index contributed by atoms with van der Waals surface area (Å²) in [5, 5.41) is 26.1. The number of halogens is 3. The first-order valence-electron chi connectivity index (χ1n) is 10.2. The van der Waals surface area contributed by atoms with E-state index in [0.29, 0.717) is 16.3 Å². The van der Waals surface area contributed by atoms with Gasteiger partial charge < -0.3 is 15.5 Å². The molecule has 0 aliphatic carbocycles. The van der Waals surface area contributed by atoms with Gasteiger partial charge in [-0.05, 0) is 41.2 Å². The van der Waals surface area contributed by atoms with E-state index in [0.717, 1.165) is 0 Å². The lowest BCUT2D eigenvalue weighted by Crippen LogP contribution is -2.50. The van der Waals surface area contributed by atoms with E-state index < -0.39 is 46.5 Å². The number of carbonyl (C=O) groups excluding carboxylic acids is 1. The highest BCUT2D eigenvalue weighted by Crippen LogP contribution is 2.57. The van der Waals surface area contributed by atoms with Crippen molar-refractivity contribution >= 4 is 40.8 Å². The minimum atomic E-state index is -1.46. The van der Waals surface area contributed by atoms with Crippen molar-refractivity contribution in [2.24, 2.45) is 5.41 Å². The van der Waals surface area contributed by atoms with Crippen molar-refractivity contribution in [1.29, 1.82) is 0 Å². The molecule has 6 nitrogen and oxygen atoms in total. The van der Waals surface area contributed by atoms with Gasteiger partial charge >= 0.3 is 5.97 Å². The zero-order chi connectivity index (χ0) is 23.4. The van der Waals surface area contributed by atoms with Crippen molar-refractivity contribution in [2.75, 3.05) is 11.9 Å². The van der Waals surface area contributed by atoms with Crippen LogP contribution in [0.1, 0.15) is 37.3 Å². The third-order valence-electron chi connectivity index (χ3n) is 6.57. The van der Waals surface area contributed by atoms with E-state index in [2.05, 4.69) is 10.6 Å². The first-order chi connectivity index (χ1) is 15.0. The van der Waals surface area contributed by atoms with Crippen LogP contribution in [-0.4, -0.2) is 40.8 Å². The molecule has 2 aliphatic rings. The maximum atomic E-state index is 15.3. The largest absolute Gasteiger partial charge is 0.480 e. The SMILES string of the molecule is CC(C)(CO)CC1NC(C(=O)O)C(c2cccc(Cl)c2F)C12C(=O)Nc1cc(Cl)ccc12. The van der Waals surface area contributed by atoms with E-state index in [1.54, 1.807) is 18.2 Å². The second kappa shape index (κ2) is 7.99. The van der Waals surface area contributed by atoms with Crippen LogP contribution in [0.5, 0.6) is 0 Å². The molecule has 4 N–H and O–H groups in total. The third-order valence-corrected chi connectivity index (χ3v) is 7.10. The standard InChI is InChI=1S/C23H23Cl2FN2O4/c1-22(2,10-29)9-16-23(13-7-6-11(24)8-15(13)27-21(23)32)17(19(28-16)20(30)31)12-4-3-5-14(25)18(12)26/h3-8,16-17,19,28-29H,9-10H2,1-2H3,(H,27,32)(H,30,31). The fourth-order valence-electron chi connectivity index (χ4n) is 5.14. The van der Waals surface area contributed by atoms with Gasteiger partial charge in [-0.3, -0.25) is 14.9 Å². The van der Waals surface area contributed by atoms with Crippen LogP contribution in [0.25, 0.3) is 0 Å². The molecular weight excluding hydrogens is 458 g/mol. The Labute approximate surface area is 194 Å². The molecule has 2 heterocycles. The van der Waals surface area contributed by atoms with Gasteiger partial charge in [-0.1, -0.05) is 55.2 Å². The van der Waals surface area contributed by atoms with Gasteiger partial charge in [0.2, 0.25) is 5.91 Å². The number of anilines is 1. The molecule has 4 rings (SSSR count). The van der Waals surface area contributed by atoms with Crippen molar-refractivity contribution in [3.05, 3.63) is 63.4 Å². The number of amides is 1. The monoisotopic (exact) mass is 480 g/mol. The molecule has 170 valence electrons. The summed E-state index contributed by atoms with van der Waals surface area (Å²) in [5.74, 6) is -3.52. The second-order valence-electron chi connectivity index (χ2n) is 9.20. The molecule has 4 atom stereocenters. The van der Waals surface area contributed by atoms with Gasteiger partial charge in [-0.2, -0.15) is 0 Å². The maximum Gasteiger partial charge on any atom is 0.321 e. The highest BCUT2D eigenvalue weighted by atomic mass is 35.5. The van der Waals surface area contributed by atoms with Gasteiger partial charge in [0.15, 0.2) is 0 Å². The number of carbonyl (C=O) groups is 2. The average molecular weight is 481 g/mol. The smallest absolute Gasteiger partial charge is 0.321 e. The Hall–Kier alpha value is -2.19. The minimum Gasteiger partial charge on any atom is -0.480 e. The summed E-state index contributed by atoms with van der Waals surface area (Å²) in [6.45, 7) is 3.46. The van der Waals surface area contributed by atoms with Crippen molar-refractivity contribution in [3.63, 3.8) is 0 Å². The topological polar surface area (TPSA) is 98.7 Å². The van der Waals surface area contributed by atoms with Crippen LogP contribution in [-0.2, 0) is 15.0 Å². The van der Waals surface area contributed by atoms with E-state index in [-0.39, 0.29) is 23.6 Å². The number of hydrogen-bond donors (Lipinski definition) is 4. The molecule has 2 aromatic rings. The number of carboxylic acid groups (broad SMARTS) is 1. The summed E-state index contributed by atoms with van der Waals surface area (Å²) < 4.78 is 15.3. The van der Waals surface area contributed by atoms with Crippen LogP contribution >= 0.6 is 23.2 Å². The fraction of sp³-hybridized carbons (Fsp3) is 0.391. The number of benzene rings is 2.